The number of morpholine rings is 1. The van der Waals surface area contributed by atoms with Gasteiger partial charge in [-0.1, -0.05) is 0 Å². The van der Waals surface area contributed by atoms with E-state index in [-0.39, 0.29) is 23.0 Å². The number of nitrogens with one attached hydrogen (secondary N) is 1. The Morgan fingerprint density at radius 2 is 2.12 bits per heavy atom. The van der Waals surface area contributed by atoms with Gasteiger partial charge < -0.3 is 24.1 Å². The van der Waals surface area contributed by atoms with Crippen LogP contribution >= 0.6 is 0 Å². The summed E-state index contributed by atoms with van der Waals surface area (Å²) < 4.78 is 16.9. The Balaban J connectivity index is 1.56. The van der Waals surface area contributed by atoms with Crippen molar-refractivity contribution < 1.29 is 18.7 Å². The van der Waals surface area contributed by atoms with Gasteiger partial charge in [0.2, 0.25) is 0 Å². The zero-order chi connectivity index (χ0) is 18.1. The largest absolute Gasteiger partial charge is 0.427 e. The van der Waals surface area contributed by atoms with E-state index in [1.165, 1.54) is 0 Å². The Morgan fingerprint density at radius 3 is 2.81 bits per heavy atom. The van der Waals surface area contributed by atoms with Gasteiger partial charge in [0.1, 0.15) is 11.3 Å². The van der Waals surface area contributed by atoms with E-state index in [1.54, 1.807) is 4.90 Å². The van der Waals surface area contributed by atoms with Gasteiger partial charge in [-0.15, -0.1) is 0 Å². The van der Waals surface area contributed by atoms with Crippen LogP contribution in [0.4, 0.5) is 0 Å². The SMILES string of the molecule is Cc1cc(C2CCOCC2)oc(=O)c1C(=O)N1CCOC2(CCNC2)C1. The molecule has 0 saturated carbocycles. The second kappa shape index (κ2) is 7.13. The second-order valence-corrected chi connectivity index (χ2v) is 7.57. The number of carbonyl (C=O) groups is 1. The van der Waals surface area contributed by atoms with Crippen molar-refractivity contribution in [3.05, 3.63) is 33.4 Å². The Bertz CT molecular complexity index is 732. The first-order valence-corrected chi connectivity index (χ1v) is 9.44. The normalized spacial score (nSPS) is 27.2. The number of hydrogen-bond acceptors (Lipinski definition) is 6. The summed E-state index contributed by atoms with van der Waals surface area (Å²) >= 11 is 0. The summed E-state index contributed by atoms with van der Waals surface area (Å²) in [6.07, 6.45) is 2.57. The predicted octanol–water partition coefficient (Wildman–Crippen LogP) is 1.05. The van der Waals surface area contributed by atoms with E-state index < -0.39 is 5.63 Å². The fraction of sp³-hybridized carbons (Fsp3) is 0.684. The van der Waals surface area contributed by atoms with Gasteiger partial charge in [-0.2, -0.15) is 0 Å². The molecule has 1 spiro atoms. The summed E-state index contributed by atoms with van der Waals surface area (Å²) in [4.78, 5) is 27.4. The number of nitrogens with zero attached hydrogens (tertiary/aromatic N) is 1. The number of aryl methyl sites for hydroxylation is 1. The van der Waals surface area contributed by atoms with Gasteiger partial charge in [0.25, 0.3) is 5.91 Å². The van der Waals surface area contributed by atoms with Crippen LogP contribution in [0.25, 0.3) is 0 Å². The van der Waals surface area contributed by atoms with Gasteiger partial charge in [-0.25, -0.2) is 4.79 Å². The third kappa shape index (κ3) is 3.31. The van der Waals surface area contributed by atoms with Crippen molar-refractivity contribution >= 4 is 5.91 Å². The van der Waals surface area contributed by atoms with Crippen molar-refractivity contribution in [2.45, 2.75) is 37.7 Å². The Hall–Kier alpha value is -1.70. The molecule has 0 aromatic carbocycles. The zero-order valence-electron chi connectivity index (χ0n) is 15.2. The summed E-state index contributed by atoms with van der Waals surface area (Å²) in [5.74, 6) is 0.616. The van der Waals surface area contributed by atoms with Crippen LogP contribution in [0.2, 0.25) is 0 Å². The molecule has 7 nitrogen and oxygen atoms in total. The van der Waals surface area contributed by atoms with Crippen molar-refractivity contribution in [2.24, 2.45) is 0 Å². The predicted molar refractivity (Wildman–Crippen MR) is 94.6 cm³/mol. The summed E-state index contributed by atoms with van der Waals surface area (Å²) in [6, 6.07) is 1.86. The summed E-state index contributed by atoms with van der Waals surface area (Å²) in [5.41, 5.74) is 0.00700. The van der Waals surface area contributed by atoms with Crippen molar-refractivity contribution in [1.29, 1.82) is 0 Å². The molecule has 3 fully saturated rings. The van der Waals surface area contributed by atoms with Crippen LogP contribution in [0, 0.1) is 6.92 Å². The molecule has 1 aromatic rings. The van der Waals surface area contributed by atoms with Crippen LogP contribution in [0.5, 0.6) is 0 Å². The van der Waals surface area contributed by atoms with Crippen molar-refractivity contribution in [2.75, 3.05) is 46.0 Å². The summed E-state index contributed by atoms with van der Waals surface area (Å²) in [5, 5.41) is 3.30. The average molecular weight is 362 g/mol. The molecule has 1 aromatic heterocycles. The number of carbonyl (C=O) groups excluding carboxylic acids is 1. The molecule has 1 unspecified atom stereocenters. The number of rotatable bonds is 2. The first kappa shape index (κ1) is 17.7. The Labute approximate surface area is 152 Å². The van der Waals surface area contributed by atoms with Gasteiger partial charge in [-0.3, -0.25) is 4.79 Å². The van der Waals surface area contributed by atoms with E-state index in [0.717, 1.165) is 32.4 Å². The molecular weight excluding hydrogens is 336 g/mol. The molecule has 142 valence electrons. The summed E-state index contributed by atoms with van der Waals surface area (Å²) in [6.45, 7) is 6.32. The monoisotopic (exact) mass is 362 g/mol. The maximum Gasteiger partial charge on any atom is 0.349 e. The number of hydrogen-bond donors (Lipinski definition) is 1. The highest BCUT2D eigenvalue weighted by atomic mass is 16.5. The minimum absolute atomic E-state index is 0.156. The highest BCUT2D eigenvalue weighted by Gasteiger charge is 2.41. The third-order valence-corrected chi connectivity index (χ3v) is 5.75. The van der Waals surface area contributed by atoms with Gasteiger partial charge in [0, 0.05) is 32.2 Å². The topological polar surface area (TPSA) is 81.0 Å². The molecule has 0 aliphatic carbocycles. The van der Waals surface area contributed by atoms with Crippen molar-refractivity contribution in [3.63, 3.8) is 0 Å². The van der Waals surface area contributed by atoms with Gasteiger partial charge in [0.15, 0.2) is 0 Å². The standard InChI is InChI=1S/C19H26N2O5/c1-13-10-15(14-2-7-24-8-3-14)26-18(23)16(13)17(22)21-6-9-25-19(12-21)4-5-20-11-19/h10,14,20H,2-9,11-12H2,1H3. The van der Waals surface area contributed by atoms with Crippen molar-refractivity contribution in [1.82, 2.24) is 10.2 Å². The van der Waals surface area contributed by atoms with Crippen LogP contribution < -0.4 is 10.9 Å². The molecule has 4 rings (SSSR count). The molecule has 3 aliphatic rings. The first-order valence-electron chi connectivity index (χ1n) is 9.44. The van der Waals surface area contributed by atoms with Crippen LogP contribution in [0.3, 0.4) is 0 Å². The van der Waals surface area contributed by atoms with Crippen molar-refractivity contribution in [3.8, 4) is 0 Å². The Morgan fingerprint density at radius 1 is 1.31 bits per heavy atom. The minimum Gasteiger partial charge on any atom is -0.427 e. The van der Waals surface area contributed by atoms with Gasteiger partial charge >= 0.3 is 5.63 Å². The van der Waals surface area contributed by atoms with E-state index in [4.69, 9.17) is 13.9 Å². The van der Waals surface area contributed by atoms with Crippen LogP contribution in [-0.2, 0) is 9.47 Å². The Kier molecular flexibility index (Phi) is 4.86. The van der Waals surface area contributed by atoms with E-state index >= 15 is 0 Å². The molecule has 7 heteroatoms. The molecule has 3 aliphatic heterocycles. The summed E-state index contributed by atoms with van der Waals surface area (Å²) in [7, 11) is 0. The maximum atomic E-state index is 13.0. The lowest BCUT2D eigenvalue weighted by molar-refractivity contribution is -0.0867. The highest BCUT2D eigenvalue weighted by Crippen LogP contribution is 2.28. The molecule has 4 heterocycles. The minimum atomic E-state index is -0.526. The van der Waals surface area contributed by atoms with E-state index in [9.17, 15) is 9.59 Å². The quantitative estimate of drug-likeness (QED) is 0.847. The molecule has 1 N–H and O–H groups in total. The number of amides is 1. The lowest BCUT2D eigenvalue weighted by Crippen LogP contribution is -2.55. The molecule has 0 radical (unpaired) electrons. The fourth-order valence-corrected chi connectivity index (χ4v) is 4.23. The van der Waals surface area contributed by atoms with Gasteiger partial charge in [-0.05, 0) is 44.4 Å². The molecular formula is C19H26N2O5. The van der Waals surface area contributed by atoms with Crippen LogP contribution in [0.1, 0.15) is 46.9 Å². The second-order valence-electron chi connectivity index (χ2n) is 7.57. The van der Waals surface area contributed by atoms with Crippen LogP contribution in [-0.4, -0.2) is 62.4 Å². The molecule has 1 amide bonds. The van der Waals surface area contributed by atoms with E-state index in [0.29, 0.717) is 44.2 Å². The third-order valence-electron chi connectivity index (χ3n) is 5.75. The molecule has 1 atom stereocenters. The zero-order valence-corrected chi connectivity index (χ0v) is 15.2. The fourth-order valence-electron chi connectivity index (χ4n) is 4.23. The molecule has 0 bridgehead atoms. The number of ether oxygens (including phenoxy) is 2. The molecule has 3 saturated heterocycles. The molecule has 26 heavy (non-hydrogen) atoms. The van der Waals surface area contributed by atoms with E-state index in [2.05, 4.69) is 5.32 Å². The average Bonchev–Trinajstić information content (AvgIpc) is 3.09. The maximum absolute atomic E-state index is 13.0. The van der Waals surface area contributed by atoms with E-state index in [1.807, 2.05) is 13.0 Å². The lowest BCUT2D eigenvalue weighted by Gasteiger charge is -2.40. The lowest BCUT2D eigenvalue weighted by atomic mass is 9.95. The highest BCUT2D eigenvalue weighted by molar-refractivity contribution is 5.95. The smallest absolute Gasteiger partial charge is 0.349 e. The van der Waals surface area contributed by atoms with Crippen LogP contribution in [0.15, 0.2) is 15.3 Å². The van der Waals surface area contributed by atoms with Gasteiger partial charge in [0.05, 0.1) is 18.8 Å². The first-order chi connectivity index (χ1) is 12.6.